The minimum Gasteiger partial charge on any atom is -0.353 e. The summed E-state index contributed by atoms with van der Waals surface area (Å²) in [6.07, 6.45) is 0.913. The monoisotopic (exact) mass is 245 g/mol. The lowest BCUT2D eigenvalue weighted by molar-refractivity contribution is -0.00278. The number of anilines is 1. The van der Waals surface area contributed by atoms with Gasteiger partial charge >= 0.3 is 0 Å². The molecule has 0 saturated carbocycles. The number of hydrogen-bond acceptors (Lipinski definition) is 3. The van der Waals surface area contributed by atoms with Crippen LogP contribution in [0, 0.1) is 0 Å². The fourth-order valence-electron chi connectivity index (χ4n) is 2.62. The minimum atomic E-state index is -0.322. The Morgan fingerprint density at radius 3 is 2.71 bits per heavy atom. The first-order chi connectivity index (χ1) is 8.28. The number of rotatable bonds is 2. The molecule has 0 unspecified atom stereocenters. The standard InChI is InChI=1S/C14H15NOS/c1-15-12-7-4-3-6-11(12)10-14(15,16-2)13-8-5-9-17-13/h3-9H,10H2,1-2H3/t14-/m1/s1. The predicted octanol–water partition coefficient (Wildman–Crippen LogP) is 3.24. The van der Waals surface area contributed by atoms with Gasteiger partial charge in [0.2, 0.25) is 0 Å². The first-order valence-corrected chi connectivity index (χ1v) is 6.57. The Labute approximate surface area is 105 Å². The lowest BCUT2D eigenvalue weighted by Crippen LogP contribution is -2.42. The number of fused-ring (bicyclic) bond motifs is 1. The molecule has 88 valence electrons. The fourth-order valence-corrected chi connectivity index (χ4v) is 3.56. The smallest absolute Gasteiger partial charge is 0.180 e. The molecule has 0 saturated heterocycles. The third kappa shape index (κ3) is 1.43. The summed E-state index contributed by atoms with van der Waals surface area (Å²) in [7, 11) is 3.90. The Hall–Kier alpha value is -1.32. The van der Waals surface area contributed by atoms with Crippen molar-refractivity contribution >= 4 is 17.0 Å². The summed E-state index contributed by atoms with van der Waals surface area (Å²) in [4.78, 5) is 3.51. The summed E-state index contributed by atoms with van der Waals surface area (Å²) in [5.41, 5.74) is 2.30. The van der Waals surface area contributed by atoms with Crippen LogP contribution in [-0.2, 0) is 16.9 Å². The summed E-state index contributed by atoms with van der Waals surface area (Å²) in [5.74, 6) is 0. The van der Waals surface area contributed by atoms with Gasteiger partial charge in [0.25, 0.3) is 0 Å². The van der Waals surface area contributed by atoms with E-state index in [4.69, 9.17) is 4.74 Å². The lowest BCUT2D eigenvalue weighted by atomic mass is 10.1. The second-order valence-electron chi connectivity index (χ2n) is 4.33. The van der Waals surface area contributed by atoms with Crippen LogP contribution in [0.3, 0.4) is 0 Å². The number of ether oxygens (including phenoxy) is 1. The SMILES string of the molecule is CO[C@@]1(c2cccs2)Cc2ccccc2N1C. The van der Waals surface area contributed by atoms with Gasteiger partial charge < -0.3 is 9.64 Å². The Balaban J connectivity index is 2.12. The number of hydrogen-bond donors (Lipinski definition) is 0. The first kappa shape index (κ1) is 10.8. The largest absolute Gasteiger partial charge is 0.353 e. The molecule has 2 aromatic rings. The van der Waals surface area contributed by atoms with Gasteiger partial charge in [-0.15, -0.1) is 11.3 Å². The third-order valence-corrected chi connectivity index (χ3v) is 4.57. The number of thiophene rings is 1. The Morgan fingerprint density at radius 2 is 2.06 bits per heavy atom. The normalized spacial score (nSPS) is 22.8. The van der Waals surface area contributed by atoms with E-state index in [1.165, 1.54) is 16.1 Å². The van der Waals surface area contributed by atoms with Crippen LogP contribution in [-0.4, -0.2) is 14.2 Å². The number of likely N-dealkylation sites (N-methyl/N-ethyl adjacent to an activating group) is 1. The Bertz CT molecular complexity index is 523. The van der Waals surface area contributed by atoms with Crippen LogP contribution < -0.4 is 4.90 Å². The van der Waals surface area contributed by atoms with Gasteiger partial charge in [0.1, 0.15) is 0 Å². The summed E-state index contributed by atoms with van der Waals surface area (Å²) in [6, 6.07) is 12.7. The van der Waals surface area contributed by atoms with Crippen molar-refractivity contribution in [2.45, 2.75) is 12.1 Å². The van der Waals surface area contributed by atoms with E-state index in [0.717, 1.165) is 6.42 Å². The zero-order valence-corrected chi connectivity index (χ0v) is 10.8. The maximum absolute atomic E-state index is 5.87. The molecule has 2 nitrogen and oxygen atoms in total. The van der Waals surface area contributed by atoms with Crippen LogP contribution in [0.4, 0.5) is 5.69 Å². The quantitative estimate of drug-likeness (QED) is 0.805. The minimum absolute atomic E-state index is 0.322. The van der Waals surface area contributed by atoms with Crippen LogP contribution in [0.2, 0.25) is 0 Å². The summed E-state index contributed by atoms with van der Waals surface area (Å²) in [6.45, 7) is 0. The number of benzene rings is 1. The van der Waals surface area contributed by atoms with E-state index in [9.17, 15) is 0 Å². The lowest BCUT2D eigenvalue weighted by Gasteiger charge is -2.35. The predicted molar refractivity (Wildman–Crippen MR) is 71.6 cm³/mol. The van der Waals surface area contributed by atoms with Gasteiger partial charge in [0.15, 0.2) is 5.72 Å². The second-order valence-corrected chi connectivity index (χ2v) is 5.28. The molecule has 1 aliphatic heterocycles. The molecule has 0 amide bonds. The molecule has 0 N–H and O–H groups in total. The number of methoxy groups -OCH3 is 1. The zero-order chi connectivity index (χ0) is 11.9. The van der Waals surface area contributed by atoms with Crippen LogP contribution >= 0.6 is 11.3 Å². The van der Waals surface area contributed by atoms with Crippen molar-refractivity contribution in [1.29, 1.82) is 0 Å². The zero-order valence-electron chi connectivity index (χ0n) is 10.0. The molecule has 3 heteroatoms. The number of nitrogens with zero attached hydrogens (tertiary/aromatic N) is 1. The molecule has 0 bridgehead atoms. The highest BCUT2D eigenvalue weighted by molar-refractivity contribution is 7.10. The van der Waals surface area contributed by atoms with Gasteiger partial charge in [-0.25, -0.2) is 0 Å². The highest BCUT2D eigenvalue weighted by atomic mass is 32.1. The molecule has 2 heterocycles. The van der Waals surface area contributed by atoms with Gasteiger partial charge in [-0.05, 0) is 23.1 Å². The Kier molecular flexibility index (Phi) is 2.45. The summed E-state index contributed by atoms with van der Waals surface area (Å²) < 4.78 is 5.87. The summed E-state index contributed by atoms with van der Waals surface area (Å²) >= 11 is 1.75. The van der Waals surface area contributed by atoms with Gasteiger partial charge in [-0.3, -0.25) is 0 Å². The topological polar surface area (TPSA) is 12.5 Å². The van der Waals surface area contributed by atoms with Crippen molar-refractivity contribution in [3.05, 3.63) is 52.2 Å². The Morgan fingerprint density at radius 1 is 1.24 bits per heavy atom. The molecular formula is C14H15NOS. The highest BCUT2D eigenvalue weighted by Gasteiger charge is 2.44. The maximum Gasteiger partial charge on any atom is 0.180 e. The van der Waals surface area contributed by atoms with Crippen molar-refractivity contribution in [3.63, 3.8) is 0 Å². The molecule has 17 heavy (non-hydrogen) atoms. The number of para-hydroxylation sites is 1. The van der Waals surface area contributed by atoms with Crippen molar-refractivity contribution in [2.75, 3.05) is 19.1 Å². The van der Waals surface area contributed by atoms with Crippen molar-refractivity contribution < 1.29 is 4.74 Å². The maximum atomic E-state index is 5.87. The molecule has 0 radical (unpaired) electrons. The average Bonchev–Trinajstić information content (AvgIpc) is 2.97. The molecule has 0 aliphatic carbocycles. The highest BCUT2D eigenvalue weighted by Crippen LogP contribution is 2.45. The van der Waals surface area contributed by atoms with E-state index in [0.29, 0.717) is 0 Å². The van der Waals surface area contributed by atoms with Crippen LogP contribution in [0.1, 0.15) is 10.4 Å². The molecule has 0 fully saturated rings. The van der Waals surface area contributed by atoms with Crippen LogP contribution in [0.25, 0.3) is 0 Å². The fraction of sp³-hybridized carbons (Fsp3) is 0.286. The molecular weight excluding hydrogens is 230 g/mol. The summed E-state index contributed by atoms with van der Waals surface area (Å²) in [5, 5.41) is 2.10. The van der Waals surface area contributed by atoms with E-state index in [-0.39, 0.29) is 5.72 Å². The van der Waals surface area contributed by atoms with Crippen molar-refractivity contribution in [1.82, 2.24) is 0 Å². The molecule has 1 aliphatic rings. The third-order valence-electron chi connectivity index (χ3n) is 3.57. The van der Waals surface area contributed by atoms with E-state index in [1.54, 1.807) is 18.4 Å². The van der Waals surface area contributed by atoms with Gasteiger partial charge in [0.05, 0.1) is 4.88 Å². The van der Waals surface area contributed by atoms with Crippen molar-refractivity contribution in [3.8, 4) is 0 Å². The van der Waals surface area contributed by atoms with E-state index < -0.39 is 0 Å². The average molecular weight is 245 g/mol. The second kappa shape index (κ2) is 3.86. The van der Waals surface area contributed by atoms with Crippen molar-refractivity contribution in [2.24, 2.45) is 0 Å². The van der Waals surface area contributed by atoms with Gasteiger partial charge in [0, 0.05) is 26.3 Å². The van der Waals surface area contributed by atoms with E-state index in [2.05, 4.69) is 53.7 Å². The molecule has 1 aromatic heterocycles. The molecule has 0 spiro atoms. The molecule has 3 rings (SSSR count). The van der Waals surface area contributed by atoms with E-state index in [1.807, 2.05) is 0 Å². The van der Waals surface area contributed by atoms with Gasteiger partial charge in [-0.2, -0.15) is 0 Å². The molecule has 1 aromatic carbocycles. The molecule has 1 atom stereocenters. The van der Waals surface area contributed by atoms with E-state index >= 15 is 0 Å². The van der Waals surface area contributed by atoms with Crippen LogP contribution in [0.15, 0.2) is 41.8 Å². The van der Waals surface area contributed by atoms with Gasteiger partial charge in [-0.1, -0.05) is 24.3 Å². The first-order valence-electron chi connectivity index (χ1n) is 5.69. The van der Waals surface area contributed by atoms with Crippen LogP contribution in [0.5, 0.6) is 0 Å².